The van der Waals surface area contributed by atoms with Crippen molar-refractivity contribution in [3.63, 3.8) is 0 Å². The molecule has 24 heavy (non-hydrogen) atoms. The van der Waals surface area contributed by atoms with Crippen molar-refractivity contribution < 1.29 is 14.3 Å². The van der Waals surface area contributed by atoms with Gasteiger partial charge in [-0.2, -0.15) is 0 Å². The highest BCUT2D eigenvalue weighted by Crippen LogP contribution is 2.27. The number of rotatable bonds is 5. The van der Waals surface area contributed by atoms with Gasteiger partial charge in [0.1, 0.15) is 11.5 Å². The Kier molecular flexibility index (Phi) is 5.16. The van der Waals surface area contributed by atoms with Crippen molar-refractivity contribution in [2.24, 2.45) is 0 Å². The molecule has 0 aliphatic heterocycles. The molecule has 0 aromatic heterocycles. The van der Waals surface area contributed by atoms with Crippen LogP contribution in [0.2, 0.25) is 0 Å². The fourth-order valence-corrected chi connectivity index (χ4v) is 2.96. The molecule has 0 N–H and O–H groups in total. The maximum absolute atomic E-state index is 12.1. The molecule has 0 fully saturated rings. The molecule has 0 bridgehead atoms. The van der Waals surface area contributed by atoms with Gasteiger partial charge in [-0.1, -0.05) is 49.4 Å². The Balaban J connectivity index is 1.67. The predicted octanol–water partition coefficient (Wildman–Crippen LogP) is 5.15. The molecule has 3 aromatic rings. The first-order valence-electron chi connectivity index (χ1n) is 7.77. The van der Waals surface area contributed by atoms with E-state index in [1.807, 2.05) is 54.6 Å². The number of benzene rings is 3. The van der Waals surface area contributed by atoms with E-state index in [9.17, 15) is 4.79 Å². The van der Waals surface area contributed by atoms with Gasteiger partial charge in [0.2, 0.25) is 0 Å². The van der Waals surface area contributed by atoms with E-state index in [4.69, 9.17) is 9.47 Å². The summed E-state index contributed by atoms with van der Waals surface area (Å²) in [5.74, 6) is 0.733. The summed E-state index contributed by atoms with van der Waals surface area (Å²) in [7, 11) is 0. The molecule has 4 heteroatoms. The van der Waals surface area contributed by atoms with Gasteiger partial charge in [-0.3, -0.25) is 0 Å². The maximum atomic E-state index is 12.1. The lowest BCUT2D eigenvalue weighted by atomic mass is 10.1. The molecule has 0 aliphatic carbocycles. The van der Waals surface area contributed by atoms with Gasteiger partial charge >= 0.3 is 5.97 Å². The van der Waals surface area contributed by atoms with Crippen LogP contribution in [0.5, 0.6) is 11.5 Å². The van der Waals surface area contributed by atoms with Gasteiger partial charge in [0.15, 0.2) is 6.61 Å². The Labute approximate surface area is 149 Å². The van der Waals surface area contributed by atoms with Gasteiger partial charge in [-0.05, 0) is 51.5 Å². The lowest BCUT2D eigenvalue weighted by molar-refractivity contribution is -0.136. The van der Waals surface area contributed by atoms with Crippen LogP contribution in [0, 0.1) is 0 Å². The molecule has 0 saturated heterocycles. The van der Waals surface area contributed by atoms with Crippen LogP contribution in [0.4, 0.5) is 0 Å². The monoisotopic (exact) mass is 384 g/mol. The molecule has 3 nitrogen and oxygen atoms in total. The SMILES string of the molecule is CCc1ccc(OC(=O)COc2cccc3ccccc23)c(Br)c1. The summed E-state index contributed by atoms with van der Waals surface area (Å²) in [6, 6.07) is 19.3. The minimum Gasteiger partial charge on any atom is -0.481 e. The molecule has 0 radical (unpaired) electrons. The second-order valence-corrected chi connectivity index (χ2v) is 6.21. The minimum absolute atomic E-state index is 0.143. The van der Waals surface area contributed by atoms with Crippen LogP contribution in [0.25, 0.3) is 10.8 Å². The van der Waals surface area contributed by atoms with Crippen LogP contribution >= 0.6 is 15.9 Å². The van der Waals surface area contributed by atoms with Gasteiger partial charge in [0.25, 0.3) is 0 Å². The number of aryl methyl sites for hydroxylation is 1. The molecular formula is C20H17BrO3. The van der Waals surface area contributed by atoms with Crippen LogP contribution < -0.4 is 9.47 Å². The van der Waals surface area contributed by atoms with Crippen LogP contribution in [0.15, 0.2) is 65.1 Å². The molecule has 0 amide bonds. The summed E-state index contributed by atoms with van der Waals surface area (Å²) in [6.45, 7) is 1.93. The Morgan fingerprint density at radius 1 is 1.00 bits per heavy atom. The van der Waals surface area contributed by atoms with Crippen molar-refractivity contribution >= 4 is 32.7 Å². The van der Waals surface area contributed by atoms with E-state index in [-0.39, 0.29) is 6.61 Å². The number of carbonyl (C=O) groups is 1. The molecule has 0 spiro atoms. The third kappa shape index (κ3) is 3.77. The molecule has 0 heterocycles. The van der Waals surface area contributed by atoms with Crippen molar-refractivity contribution in [2.75, 3.05) is 6.61 Å². The van der Waals surface area contributed by atoms with E-state index in [0.717, 1.165) is 21.7 Å². The first-order chi connectivity index (χ1) is 11.7. The average molecular weight is 385 g/mol. The van der Waals surface area contributed by atoms with E-state index in [1.54, 1.807) is 6.07 Å². The number of carbonyl (C=O) groups excluding carboxylic acids is 1. The molecular weight excluding hydrogens is 368 g/mol. The fourth-order valence-electron chi connectivity index (χ4n) is 2.46. The van der Waals surface area contributed by atoms with Crippen LogP contribution in [0.1, 0.15) is 12.5 Å². The van der Waals surface area contributed by atoms with Gasteiger partial charge in [0, 0.05) is 5.39 Å². The lowest BCUT2D eigenvalue weighted by Gasteiger charge is -2.10. The second kappa shape index (κ2) is 7.49. The quantitative estimate of drug-likeness (QED) is 0.450. The highest BCUT2D eigenvalue weighted by Gasteiger charge is 2.10. The van der Waals surface area contributed by atoms with Crippen molar-refractivity contribution in [1.29, 1.82) is 0 Å². The number of halogens is 1. The molecule has 122 valence electrons. The zero-order chi connectivity index (χ0) is 16.9. The number of fused-ring (bicyclic) bond motifs is 1. The molecule has 3 aromatic carbocycles. The van der Waals surface area contributed by atoms with Crippen molar-refractivity contribution in [3.8, 4) is 11.5 Å². The van der Waals surface area contributed by atoms with Gasteiger partial charge < -0.3 is 9.47 Å². The normalized spacial score (nSPS) is 10.6. The van der Waals surface area contributed by atoms with Crippen LogP contribution in [-0.2, 0) is 11.2 Å². The van der Waals surface area contributed by atoms with E-state index < -0.39 is 5.97 Å². The summed E-state index contributed by atoms with van der Waals surface area (Å²) in [6.07, 6.45) is 0.928. The summed E-state index contributed by atoms with van der Waals surface area (Å²) >= 11 is 3.43. The highest BCUT2D eigenvalue weighted by molar-refractivity contribution is 9.10. The standard InChI is InChI=1S/C20H17BrO3/c1-2-14-10-11-19(17(21)12-14)24-20(22)13-23-18-9-5-7-15-6-3-4-8-16(15)18/h3-12H,2,13H2,1H3. The number of ether oxygens (including phenoxy) is 2. The smallest absolute Gasteiger partial charge is 0.349 e. The molecule has 0 atom stereocenters. The average Bonchev–Trinajstić information content (AvgIpc) is 2.61. The second-order valence-electron chi connectivity index (χ2n) is 5.36. The predicted molar refractivity (Wildman–Crippen MR) is 98.6 cm³/mol. The van der Waals surface area contributed by atoms with Gasteiger partial charge in [0.05, 0.1) is 4.47 Å². The van der Waals surface area contributed by atoms with Gasteiger partial charge in [-0.25, -0.2) is 4.79 Å². The largest absolute Gasteiger partial charge is 0.481 e. The summed E-state index contributed by atoms with van der Waals surface area (Å²) < 4.78 is 11.8. The van der Waals surface area contributed by atoms with Crippen molar-refractivity contribution in [3.05, 3.63) is 70.7 Å². The number of hydrogen-bond donors (Lipinski definition) is 0. The number of esters is 1. The third-order valence-electron chi connectivity index (χ3n) is 3.72. The van der Waals surface area contributed by atoms with Crippen LogP contribution in [0.3, 0.4) is 0 Å². The zero-order valence-corrected chi connectivity index (χ0v) is 14.9. The molecule has 3 rings (SSSR count). The topological polar surface area (TPSA) is 35.5 Å². The fraction of sp³-hybridized carbons (Fsp3) is 0.150. The van der Waals surface area contributed by atoms with Crippen LogP contribution in [-0.4, -0.2) is 12.6 Å². The number of hydrogen-bond acceptors (Lipinski definition) is 3. The Bertz CT molecular complexity index is 868. The minimum atomic E-state index is -0.437. The van der Waals surface area contributed by atoms with E-state index in [2.05, 4.69) is 22.9 Å². The zero-order valence-electron chi connectivity index (χ0n) is 13.3. The maximum Gasteiger partial charge on any atom is 0.349 e. The van der Waals surface area contributed by atoms with E-state index in [0.29, 0.717) is 11.5 Å². The first-order valence-corrected chi connectivity index (χ1v) is 8.56. The van der Waals surface area contributed by atoms with E-state index >= 15 is 0 Å². The summed E-state index contributed by atoms with van der Waals surface area (Å²) in [5.41, 5.74) is 1.17. The molecule has 0 aliphatic rings. The summed E-state index contributed by atoms with van der Waals surface area (Å²) in [4.78, 5) is 12.1. The van der Waals surface area contributed by atoms with E-state index in [1.165, 1.54) is 5.56 Å². The van der Waals surface area contributed by atoms with Gasteiger partial charge in [-0.15, -0.1) is 0 Å². The Morgan fingerprint density at radius 2 is 1.79 bits per heavy atom. The highest BCUT2D eigenvalue weighted by atomic mass is 79.9. The third-order valence-corrected chi connectivity index (χ3v) is 4.34. The molecule has 0 unspecified atom stereocenters. The van der Waals surface area contributed by atoms with Crippen molar-refractivity contribution in [2.45, 2.75) is 13.3 Å². The molecule has 0 saturated carbocycles. The Hall–Kier alpha value is -2.33. The Morgan fingerprint density at radius 3 is 2.58 bits per heavy atom. The van der Waals surface area contributed by atoms with Crippen molar-refractivity contribution in [1.82, 2.24) is 0 Å². The summed E-state index contributed by atoms with van der Waals surface area (Å²) in [5, 5.41) is 2.04. The lowest BCUT2D eigenvalue weighted by Crippen LogP contribution is -2.18. The first kappa shape index (κ1) is 16.5.